The fourth-order valence-corrected chi connectivity index (χ4v) is 2.11. The Morgan fingerprint density at radius 1 is 1.40 bits per heavy atom. The number of hydrogen-bond acceptors (Lipinski definition) is 2. The Bertz CT molecular complexity index is 321. The minimum absolute atomic E-state index is 0.0131. The van der Waals surface area contributed by atoms with Gasteiger partial charge in [0.1, 0.15) is 0 Å². The fraction of sp³-hybridized carbons (Fsp3) is 0.385. The third-order valence-electron chi connectivity index (χ3n) is 2.90. The summed E-state index contributed by atoms with van der Waals surface area (Å²) in [6, 6.07) is 10.1. The van der Waals surface area contributed by atoms with Crippen LogP contribution >= 0.6 is 0 Å². The van der Waals surface area contributed by atoms with Crippen LogP contribution in [0.3, 0.4) is 0 Å². The number of benzene rings is 1. The van der Waals surface area contributed by atoms with Crippen molar-refractivity contribution in [2.75, 3.05) is 6.61 Å². The third-order valence-corrected chi connectivity index (χ3v) is 2.90. The minimum atomic E-state index is -0.367. The van der Waals surface area contributed by atoms with Crippen molar-refractivity contribution < 1.29 is 9.84 Å². The van der Waals surface area contributed by atoms with Crippen molar-refractivity contribution in [1.29, 1.82) is 0 Å². The Balaban J connectivity index is 2.18. The topological polar surface area (TPSA) is 29.5 Å². The molecule has 1 heterocycles. The molecule has 2 nitrogen and oxygen atoms in total. The zero-order valence-corrected chi connectivity index (χ0v) is 8.67. The van der Waals surface area contributed by atoms with Gasteiger partial charge >= 0.3 is 0 Å². The highest BCUT2D eigenvalue weighted by Gasteiger charge is 2.35. The second kappa shape index (κ2) is 4.60. The highest BCUT2D eigenvalue weighted by Crippen LogP contribution is 2.36. The van der Waals surface area contributed by atoms with Crippen LogP contribution in [-0.4, -0.2) is 17.8 Å². The summed E-state index contributed by atoms with van der Waals surface area (Å²) < 4.78 is 5.62. The van der Waals surface area contributed by atoms with Crippen LogP contribution in [0.2, 0.25) is 0 Å². The summed E-state index contributed by atoms with van der Waals surface area (Å²) in [6.45, 7) is 4.15. The van der Waals surface area contributed by atoms with Gasteiger partial charge in [-0.3, -0.25) is 0 Å². The summed E-state index contributed by atoms with van der Waals surface area (Å²) in [6.07, 6.45) is 2.28. The van der Waals surface area contributed by atoms with Gasteiger partial charge in [-0.1, -0.05) is 36.4 Å². The van der Waals surface area contributed by atoms with Crippen LogP contribution in [0.5, 0.6) is 0 Å². The molecular weight excluding hydrogens is 188 g/mol. The first-order valence-corrected chi connectivity index (χ1v) is 5.28. The van der Waals surface area contributed by atoms with E-state index >= 15 is 0 Å². The standard InChI is InChI=1S/C13H16O2/c1-2-6-11-12(14)9-15-13(11)10-7-4-3-5-8-10/h2-5,7-8,11-14H,1,6,9H2/t11-,12+,13-/m0/s1. The highest BCUT2D eigenvalue weighted by molar-refractivity contribution is 5.20. The molecule has 1 aromatic rings. The maximum atomic E-state index is 9.78. The number of hydrogen-bond donors (Lipinski definition) is 1. The number of aliphatic hydroxyl groups is 1. The van der Waals surface area contributed by atoms with Crippen molar-refractivity contribution in [3.05, 3.63) is 48.6 Å². The van der Waals surface area contributed by atoms with Crippen LogP contribution in [0.1, 0.15) is 18.1 Å². The van der Waals surface area contributed by atoms with Crippen molar-refractivity contribution in [2.45, 2.75) is 18.6 Å². The van der Waals surface area contributed by atoms with Gasteiger partial charge in [-0.25, -0.2) is 0 Å². The second-order valence-corrected chi connectivity index (χ2v) is 3.92. The van der Waals surface area contributed by atoms with Crippen molar-refractivity contribution in [2.24, 2.45) is 5.92 Å². The lowest BCUT2D eigenvalue weighted by Gasteiger charge is -2.18. The van der Waals surface area contributed by atoms with Gasteiger partial charge in [-0.2, -0.15) is 0 Å². The molecule has 0 radical (unpaired) electrons. The molecule has 0 bridgehead atoms. The van der Waals surface area contributed by atoms with Crippen LogP contribution in [0.15, 0.2) is 43.0 Å². The van der Waals surface area contributed by atoms with Crippen LogP contribution in [0.25, 0.3) is 0 Å². The van der Waals surface area contributed by atoms with Crippen LogP contribution in [0, 0.1) is 5.92 Å². The zero-order chi connectivity index (χ0) is 10.7. The zero-order valence-electron chi connectivity index (χ0n) is 8.67. The summed E-state index contributed by atoms with van der Waals surface area (Å²) in [5.74, 6) is 0.143. The molecule has 1 saturated heterocycles. The first kappa shape index (κ1) is 10.4. The van der Waals surface area contributed by atoms with Crippen molar-refractivity contribution in [1.82, 2.24) is 0 Å². The molecule has 0 saturated carbocycles. The molecule has 1 aliphatic heterocycles. The van der Waals surface area contributed by atoms with Gasteiger partial charge in [0, 0.05) is 5.92 Å². The largest absolute Gasteiger partial charge is 0.390 e. The molecule has 0 spiro atoms. The SMILES string of the molecule is C=CC[C@H]1[C@H](O)CO[C@H]1c1ccccc1. The summed E-state index contributed by atoms with van der Waals surface area (Å²) in [5, 5.41) is 9.78. The Morgan fingerprint density at radius 2 is 2.13 bits per heavy atom. The predicted molar refractivity (Wildman–Crippen MR) is 59.4 cm³/mol. The van der Waals surface area contributed by atoms with E-state index in [2.05, 4.69) is 6.58 Å². The maximum Gasteiger partial charge on any atom is 0.0882 e. The molecule has 1 fully saturated rings. The predicted octanol–water partition coefficient (Wildman–Crippen LogP) is 2.31. The summed E-state index contributed by atoms with van der Waals surface area (Å²) >= 11 is 0. The molecular formula is C13H16O2. The van der Waals surface area contributed by atoms with E-state index in [0.717, 1.165) is 12.0 Å². The molecule has 1 aliphatic rings. The lowest BCUT2D eigenvalue weighted by molar-refractivity contribution is 0.0859. The number of rotatable bonds is 3. The highest BCUT2D eigenvalue weighted by atomic mass is 16.5. The summed E-state index contributed by atoms with van der Waals surface area (Å²) in [7, 11) is 0. The van der Waals surface area contributed by atoms with Crippen molar-refractivity contribution >= 4 is 0 Å². The second-order valence-electron chi connectivity index (χ2n) is 3.92. The monoisotopic (exact) mass is 204 g/mol. The van der Waals surface area contributed by atoms with E-state index in [-0.39, 0.29) is 18.1 Å². The first-order valence-electron chi connectivity index (χ1n) is 5.28. The van der Waals surface area contributed by atoms with Gasteiger partial charge in [0.15, 0.2) is 0 Å². The van der Waals surface area contributed by atoms with E-state index < -0.39 is 0 Å². The molecule has 0 amide bonds. The molecule has 1 aromatic carbocycles. The number of allylic oxidation sites excluding steroid dienone is 1. The molecule has 3 atom stereocenters. The number of aliphatic hydroxyl groups excluding tert-OH is 1. The Hall–Kier alpha value is -1.12. The molecule has 1 N–H and O–H groups in total. The fourth-order valence-electron chi connectivity index (χ4n) is 2.11. The first-order chi connectivity index (χ1) is 7.33. The van der Waals surface area contributed by atoms with Crippen molar-refractivity contribution in [3.63, 3.8) is 0 Å². The lowest BCUT2D eigenvalue weighted by atomic mass is 9.91. The Labute approximate surface area is 90.2 Å². The van der Waals surface area contributed by atoms with Crippen LogP contribution < -0.4 is 0 Å². The Kier molecular flexibility index (Phi) is 3.19. The average Bonchev–Trinajstić information content (AvgIpc) is 2.63. The third kappa shape index (κ3) is 2.11. The number of ether oxygens (including phenoxy) is 1. The lowest BCUT2D eigenvalue weighted by Crippen LogP contribution is -2.18. The molecule has 15 heavy (non-hydrogen) atoms. The molecule has 2 rings (SSSR count). The van der Waals surface area contributed by atoms with Gasteiger partial charge in [0.05, 0.1) is 18.8 Å². The van der Waals surface area contributed by atoms with Crippen LogP contribution in [0.4, 0.5) is 0 Å². The molecule has 0 aliphatic carbocycles. The summed E-state index contributed by atoms with van der Waals surface area (Å²) in [5.41, 5.74) is 1.14. The molecule has 2 heteroatoms. The van der Waals surface area contributed by atoms with Gasteiger partial charge in [0.2, 0.25) is 0 Å². The van der Waals surface area contributed by atoms with E-state index in [9.17, 15) is 5.11 Å². The van der Waals surface area contributed by atoms with Gasteiger partial charge in [0.25, 0.3) is 0 Å². The van der Waals surface area contributed by atoms with E-state index in [0.29, 0.717) is 6.61 Å². The average molecular weight is 204 g/mol. The van der Waals surface area contributed by atoms with E-state index in [1.165, 1.54) is 0 Å². The molecule has 80 valence electrons. The van der Waals surface area contributed by atoms with Gasteiger partial charge in [-0.15, -0.1) is 6.58 Å². The minimum Gasteiger partial charge on any atom is -0.390 e. The van der Waals surface area contributed by atoms with E-state index in [4.69, 9.17) is 4.74 Å². The summed E-state index contributed by atoms with van der Waals surface area (Å²) in [4.78, 5) is 0. The maximum absolute atomic E-state index is 9.78. The van der Waals surface area contributed by atoms with Crippen molar-refractivity contribution in [3.8, 4) is 0 Å². The van der Waals surface area contributed by atoms with Crippen LogP contribution in [-0.2, 0) is 4.74 Å². The van der Waals surface area contributed by atoms with E-state index in [1.54, 1.807) is 0 Å². The Morgan fingerprint density at radius 3 is 2.80 bits per heavy atom. The normalized spacial score (nSPS) is 30.3. The van der Waals surface area contributed by atoms with Gasteiger partial charge < -0.3 is 9.84 Å². The van der Waals surface area contributed by atoms with E-state index in [1.807, 2.05) is 36.4 Å². The molecule has 0 unspecified atom stereocenters. The van der Waals surface area contributed by atoms with Gasteiger partial charge in [-0.05, 0) is 12.0 Å². The smallest absolute Gasteiger partial charge is 0.0882 e. The molecule has 0 aromatic heterocycles. The quantitative estimate of drug-likeness (QED) is 0.766.